The first-order chi connectivity index (χ1) is 9.24. The maximum absolute atomic E-state index is 11.0. The van der Waals surface area contributed by atoms with E-state index in [-0.39, 0.29) is 5.70 Å². The van der Waals surface area contributed by atoms with Gasteiger partial charge in [0.25, 0.3) is 0 Å². The maximum atomic E-state index is 11.0. The summed E-state index contributed by atoms with van der Waals surface area (Å²) in [5, 5.41) is 13.5. The standard InChI is InChI=1S/C13H11ClN2O3/c14-11-3-5-12(6-4-11)19-16-7-1-2-10(8-15-18)13(16)9-17/h2-6,8,18H,1,7H2. The van der Waals surface area contributed by atoms with Crippen LogP contribution in [0.25, 0.3) is 0 Å². The lowest BCUT2D eigenvalue weighted by molar-refractivity contribution is -0.0184. The van der Waals surface area contributed by atoms with Gasteiger partial charge in [-0.05, 0) is 30.7 Å². The van der Waals surface area contributed by atoms with Gasteiger partial charge in [-0.25, -0.2) is 4.79 Å². The van der Waals surface area contributed by atoms with Crippen molar-refractivity contribution in [1.82, 2.24) is 5.06 Å². The highest BCUT2D eigenvalue weighted by atomic mass is 35.5. The number of hydrogen-bond donors (Lipinski definition) is 1. The van der Waals surface area contributed by atoms with Gasteiger partial charge in [-0.15, -0.1) is 0 Å². The summed E-state index contributed by atoms with van der Waals surface area (Å²) >= 11 is 5.78. The molecule has 0 amide bonds. The van der Waals surface area contributed by atoms with Crippen LogP contribution in [-0.4, -0.2) is 29.0 Å². The van der Waals surface area contributed by atoms with Gasteiger partial charge in [0, 0.05) is 10.6 Å². The molecule has 0 unspecified atom stereocenters. The molecule has 0 saturated carbocycles. The van der Waals surface area contributed by atoms with Crippen molar-refractivity contribution in [3.05, 3.63) is 46.6 Å². The summed E-state index contributed by atoms with van der Waals surface area (Å²) in [6.07, 6.45) is 3.62. The zero-order valence-corrected chi connectivity index (χ0v) is 10.7. The minimum atomic E-state index is 0.194. The van der Waals surface area contributed by atoms with Crippen LogP contribution < -0.4 is 4.84 Å². The molecule has 0 spiro atoms. The van der Waals surface area contributed by atoms with Crippen LogP contribution in [0, 0.1) is 0 Å². The summed E-state index contributed by atoms with van der Waals surface area (Å²) in [6.45, 7) is 0.510. The molecule has 0 atom stereocenters. The van der Waals surface area contributed by atoms with Gasteiger partial charge >= 0.3 is 0 Å². The van der Waals surface area contributed by atoms with Gasteiger partial charge < -0.3 is 10.0 Å². The Morgan fingerprint density at radius 1 is 1.42 bits per heavy atom. The molecule has 1 aromatic carbocycles. The number of allylic oxidation sites excluding steroid dienone is 1. The summed E-state index contributed by atoms with van der Waals surface area (Å²) < 4.78 is 0. The van der Waals surface area contributed by atoms with Crippen LogP contribution in [0.1, 0.15) is 6.42 Å². The van der Waals surface area contributed by atoms with Crippen molar-refractivity contribution >= 4 is 23.8 Å². The van der Waals surface area contributed by atoms with Crippen molar-refractivity contribution in [3.8, 4) is 5.75 Å². The Bertz CT molecular complexity index is 560. The van der Waals surface area contributed by atoms with E-state index in [0.29, 0.717) is 29.3 Å². The molecule has 98 valence electrons. The average Bonchev–Trinajstić information content (AvgIpc) is 2.42. The van der Waals surface area contributed by atoms with E-state index in [9.17, 15) is 4.79 Å². The zero-order valence-electron chi connectivity index (χ0n) is 9.91. The van der Waals surface area contributed by atoms with Crippen molar-refractivity contribution < 1.29 is 14.8 Å². The summed E-state index contributed by atoms with van der Waals surface area (Å²) in [7, 11) is 0. The lowest BCUT2D eigenvalue weighted by atomic mass is 10.1. The number of hydrogen-bond acceptors (Lipinski definition) is 5. The van der Waals surface area contributed by atoms with Crippen molar-refractivity contribution in [2.24, 2.45) is 5.16 Å². The second-order valence-corrected chi connectivity index (χ2v) is 4.23. The summed E-state index contributed by atoms with van der Waals surface area (Å²) in [4.78, 5) is 16.6. The summed E-state index contributed by atoms with van der Waals surface area (Å²) in [5.41, 5.74) is 0.664. The molecule has 0 fully saturated rings. The predicted octanol–water partition coefficient (Wildman–Crippen LogP) is 2.44. The largest absolute Gasteiger partial charge is 0.411 e. The number of hydroxylamine groups is 2. The van der Waals surface area contributed by atoms with Crippen LogP contribution in [0.2, 0.25) is 5.02 Å². The zero-order chi connectivity index (χ0) is 13.7. The van der Waals surface area contributed by atoms with E-state index in [0.717, 1.165) is 0 Å². The van der Waals surface area contributed by atoms with E-state index in [4.69, 9.17) is 21.6 Å². The van der Waals surface area contributed by atoms with Crippen LogP contribution in [0.5, 0.6) is 5.75 Å². The SMILES string of the molecule is O=C=C1C(C=NO)=CCCN1Oc1ccc(Cl)cc1. The minimum Gasteiger partial charge on any atom is -0.411 e. The first-order valence-electron chi connectivity index (χ1n) is 5.58. The van der Waals surface area contributed by atoms with E-state index in [1.807, 2.05) is 0 Å². The van der Waals surface area contributed by atoms with Crippen molar-refractivity contribution in [3.63, 3.8) is 0 Å². The van der Waals surface area contributed by atoms with E-state index >= 15 is 0 Å². The molecule has 19 heavy (non-hydrogen) atoms. The normalized spacial score (nSPS) is 15.3. The van der Waals surface area contributed by atoms with Crippen LogP contribution >= 0.6 is 11.6 Å². The second-order valence-electron chi connectivity index (χ2n) is 3.79. The highest BCUT2D eigenvalue weighted by molar-refractivity contribution is 6.30. The third-order valence-corrected chi connectivity index (χ3v) is 2.79. The van der Waals surface area contributed by atoms with Crippen LogP contribution in [0.15, 0.2) is 46.8 Å². The average molecular weight is 279 g/mol. The topological polar surface area (TPSA) is 62.1 Å². The molecular formula is C13H11ClN2O3. The van der Waals surface area contributed by atoms with Gasteiger partial charge in [0.2, 0.25) is 0 Å². The Labute approximate surface area is 115 Å². The fourth-order valence-electron chi connectivity index (χ4n) is 1.69. The van der Waals surface area contributed by atoms with E-state index in [2.05, 4.69) is 5.16 Å². The molecule has 1 aliphatic rings. The van der Waals surface area contributed by atoms with E-state index < -0.39 is 0 Å². The van der Waals surface area contributed by atoms with Gasteiger partial charge in [0.15, 0.2) is 17.4 Å². The molecule has 1 aromatic rings. The minimum absolute atomic E-state index is 0.194. The second kappa shape index (κ2) is 6.09. The first kappa shape index (κ1) is 13.2. The van der Waals surface area contributed by atoms with Crippen molar-refractivity contribution in [1.29, 1.82) is 0 Å². The fraction of sp³-hybridized carbons (Fsp3) is 0.154. The van der Waals surface area contributed by atoms with E-state index in [1.165, 1.54) is 11.3 Å². The van der Waals surface area contributed by atoms with Crippen LogP contribution in [0.3, 0.4) is 0 Å². The number of oxime groups is 1. The number of carbonyl (C=O) groups excluding carboxylic acids is 1. The Morgan fingerprint density at radius 2 is 2.16 bits per heavy atom. The molecule has 0 saturated heterocycles. The van der Waals surface area contributed by atoms with E-state index in [1.54, 1.807) is 36.3 Å². The highest BCUT2D eigenvalue weighted by Crippen LogP contribution is 2.22. The van der Waals surface area contributed by atoms with Crippen molar-refractivity contribution in [2.75, 3.05) is 6.54 Å². The lowest BCUT2D eigenvalue weighted by Gasteiger charge is -2.27. The molecule has 1 heterocycles. The predicted molar refractivity (Wildman–Crippen MR) is 71.0 cm³/mol. The van der Waals surface area contributed by atoms with Crippen molar-refractivity contribution in [2.45, 2.75) is 6.42 Å². The molecule has 2 rings (SSSR count). The Balaban J connectivity index is 2.19. The molecule has 0 radical (unpaired) electrons. The summed E-state index contributed by atoms with van der Waals surface area (Å²) in [5.74, 6) is 2.35. The molecule has 6 heteroatoms. The lowest BCUT2D eigenvalue weighted by Crippen LogP contribution is -2.32. The number of benzene rings is 1. The molecule has 0 aromatic heterocycles. The van der Waals surface area contributed by atoms with Gasteiger partial charge in [0.05, 0.1) is 12.8 Å². The number of nitrogens with zero attached hydrogens (tertiary/aromatic N) is 2. The molecule has 1 aliphatic heterocycles. The van der Waals surface area contributed by atoms with Gasteiger partial charge in [-0.2, -0.15) is 5.06 Å². The quantitative estimate of drug-likeness (QED) is 0.399. The van der Waals surface area contributed by atoms with Gasteiger partial charge in [-0.1, -0.05) is 22.8 Å². The van der Waals surface area contributed by atoms with Crippen LogP contribution in [-0.2, 0) is 4.79 Å². The molecule has 0 aliphatic carbocycles. The molecule has 0 bridgehead atoms. The maximum Gasteiger partial charge on any atom is 0.167 e. The number of rotatable bonds is 3. The monoisotopic (exact) mass is 278 g/mol. The van der Waals surface area contributed by atoms with Gasteiger partial charge in [0.1, 0.15) is 0 Å². The number of halogens is 1. The Morgan fingerprint density at radius 3 is 2.79 bits per heavy atom. The third kappa shape index (κ3) is 3.16. The van der Waals surface area contributed by atoms with Gasteiger partial charge in [-0.3, -0.25) is 0 Å². The fourth-order valence-corrected chi connectivity index (χ4v) is 1.82. The smallest absolute Gasteiger partial charge is 0.167 e. The Kier molecular flexibility index (Phi) is 4.23. The molecule has 1 N–H and O–H groups in total. The molecular weight excluding hydrogens is 268 g/mol. The van der Waals surface area contributed by atoms with Crippen LogP contribution in [0.4, 0.5) is 0 Å². The third-order valence-electron chi connectivity index (χ3n) is 2.54. The molecule has 5 nitrogen and oxygen atoms in total. The Hall–Kier alpha value is -2.23. The first-order valence-corrected chi connectivity index (χ1v) is 5.96. The highest BCUT2D eigenvalue weighted by Gasteiger charge is 2.20. The summed E-state index contributed by atoms with van der Waals surface area (Å²) in [6, 6.07) is 6.78.